The Morgan fingerprint density at radius 1 is 1.22 bits per heavy atom. The number of rotatable bonds is 8. The van der Waals surface area contributed by atoms with Crippen LogP contribution >= 0.6 is 0 Å². The number of amides is 1. The summed E-state index contributed by atoms with van der Waals surface area (Å²) < 4.78 is 5.27. The largest absolute Gasteiger partial charge is 0.444 e. The van der Waals surface area contributed by atoms with Crippen LogP contribution in [0, 0.1) is 11.8 Å². The van der Waals surface area contributed by atoms with E-state index in [1.165, 1.54) is 5.56 Å². The van der Waals surface area contributed by atoms with Crippen LogP contribution < -0.4 is 10.6 Å². The van der Waals surface area contributed by atoms with Gasteiger partial charge in [0.15, 0.2) is 0 Å². The standard InChI is InChI=1S/C18H31N3O2/c1-14(2)16(13-21-17(22)23-18(3,4)5)12-20-11-8-15-6-9-19-10-7-15/h6-7,9-10,14,16,20H,8,11-13H2,1-5H3,(H,21,22). The molecule has 1 atom stereocenters. The number of nitrogens with zero attached hydrogens (tertiary/aromatic N) is 1. The molecule has 5 nitrogen and oxygen atoms in total. The van der Waals surface area contributed by atoms with E-state index in [9.17, 15) is 4.79 Å². The first kappa shape index (κ1) is 19.4. The first-order chi connectivity index (χ1) is 10.8. The summed E-state index contributed by atoms with van der Waals surface area (Å²) in [5, 5.41) is 6.34. The van der Waals surface area contributed by atoms with Gasteiger partial charge < -0.3 is 15.4 Å². The topological polar surface area (TPSA) is 63.2 Å². The van der Waals surface area contributed by atoms with Gasteiger partial charge in [-0.3, -0.25) is 4.98 Å². The number of ether oxygens (including phenoxy) is 1. The minimum atomic E-state index is -0.458. The van der Waals surface area contributed by atoms with Gasteiger partial charge in [0, 0.05) is 18.9 Å². The predicted molar refractivity (Wildman–Crippen MR) is 93.4 cm³/mol. The van der Waals surface area contributed by atoms with Crippen molar-refractivity contribution < 1.29 is 9.53 Å². The fraction of sp³-hybridized carbons (Fsp3) is 0.667. The van der Waals surface area contributed by atoms with Crippen molar-refractivity contribution >= 4 is 6.09 Å². The van der Waals surface area contributed by atoms with Crippen molar-refractivity contribution in [3.63, 3.8) is 0 Å². The summed E-state index contributed by atoms with van der Waals surface area (Å²) in [7, 11) is 0. The number of carbonyl (C=O) groups excluding carboxylic acids is 1. The first-order valence-electron chi connectivity index (χ1n) is 8.34. The SMILES string of the molecule is CC(C)C(CNCCc1ccncc1)CNC(=O)OC(C)(C)C. The summed E-state index contributed by atoms with van der Waals surface area (Å²) >= 11 is 0. The number of hydrogen-bond acceptors (Lipinski definition) is 4. The molecule has 0 aliphatic carbocycles. The van der Waals surface area contributed by atoms with E-state index in [4.69, 9.17) is 4.74 Å². The summed E-state index contributed by atoms with van der Waals surface area (Å²) in [5.41, 5.74) is 0.820. The Morgan fingerprint density at radius 2 is 1.87 bits per heavy atom. The van der Waals surface area contributed by atoms with Crippen LogP contribution in [-0.2, 0) is 11.2 Å². The van der Waals surface area contributed by atoms with Gasteiger partial charge in [-0.1, -0.05) is 13.8 Å². The van der Waals surface area contributed by atoms with Crippen molar-refractivity contribution in [1.29, 1.82) is 0 Å². The van der Waals surface area contributed by atoms with E-state index in [0.29, 0.717) is 18.4 Å². The molecule has 0 spiro atoms. The highest BCUT2D eigenvalue weighted by Crippen LogP contribution is 2.10. The lowest BCUT2D eigenvalue weighted by Gasteiger charge is -2.24. The maximum Gasteiger partial charge on any atom is 0.407 e. The van der Waals surface area contributed by atoms with Gasteiger partial charge in [0.25, 0.3) is 0 Å². The zero-order valence-electron chi connectivity index (χ0n) is 15.1. The summed E-state index contributed by atoms with van der Waals surface area (Å²) in [6.07, 6.45) is 4.26. The van der Waals surface area contributed by atoms with Crippen molar-refractivity contribution in [2.75, 3.05) is 19.6 Å². The molecule has 1 aromatic heterocycles. The van der Waals surface area contributed by atoms with Crippen LogP contribution in [-0.4, -0.2) is 36.3 Å². The molecule has 0 saturated heterocycles. The van der Waals surface area contributed by atoms with E-state index in [2.05, 4.69) is 29.5 Å². The first-order valence-corrected chi connectivity index (χ1v) is 8.34. The second-order valence-corrected chi connectivity index (χ2v) is 7.20. The lowest BCUT2D eigenvalue weighted by atomic mass is 9.95. The molecule has 0 bridgehead atoms. The molecule has 0 fully saturated rings. The van der Waals surface area contributed by atoms with Gasteiger partial charge in [0.05, 0.1) is 0 Å². The van der Waals surface area contributed by atoms with E-state index < -0.39 is 5.60 Å². The van der Waals surface area contributed by atoms with Gasteiger partial charge in [-0.15, -0.1) is 0 Å². The Bertz CT molecular complexity index is 455. The normalized spacial score (nSPS) is 13.0. The number of hydrogen-bond donors (Lipinski definition) is 2. The number of nitrogens with one attached hydrogen (secondary N) is 2. The van der Waals surface area contributed by atoms with E-state index in [-0.39, 0.29) is 6.09 Å². The highest BCUT2D eigenvalue weighted by molar-refractivity contribution is 5.67. The van der Waals surface area contributed by atoms with Crippen molar-refractivity contribution in [3.8, 4) is 0 Å². The Morgan fingerprint density at radius 3 is 2.43 bits per heavy atom. The number of alkyl carbamates (subject to hydrolysis) is 1. The highest BCUT2D eigenvalue weighted by atomic mass is 16.6. The average Bonchev–Trinajstić information content (AvgIpc) is 2.45. The van der Waals surface area contributed by atoms with Gasteiger partial charge in [-0.2, -0.15) is 0 Å². The molecule has 0 saturated carbocycles. The van der Waals surface area contributed by atoms with E-state index in [0.717, 1.165) is 19.5 Å². The molecule has 0 aliphatic heterocycles. The van der Waals surface area contributed by atoms with Crippen LogP contribution in [0.4, 0.5) is 4.79 Å². The summed E-state index contributed by atoms with van der Waals surface area (Å²) in [5.74, 6) is 0.860. The summed E-state index contributed by atoms with van der Waals surface area (Å²) in [6.45, 7) is 12.4. The average molecular weight is 321 g/mol. The highest BCUT2D eigenvalue weighted by Gasteiger charge is 2.18. The molecule has 0 radical (unpaired) electrons. The smallest absolute Gasteiger partial charge is 0.407 e. The number of carbonyl (C=O) groups is 1. The van der Waals surface area contributed by atoms with Crippen LogP contribution in [0.5, 0.6) is 0 Å². The minimum absolute atomic E-state index is 0.347. The zero-order valence-corrected chi connectivity index (χ0v) is 15.1. The Hall–Kier alpha value is -1.62. The zero-order chi connectivity index (χ0) is 17.3. The van der Waals surface area contributed by atoms with E-state index in [1.54, 1.807) is 0 Å². The summed E-state index contributed by atoms with van der Waals surface area (Å²) in [6, 6.07) is 4.07. The van der Waals surface area contributed by atoms with Crippen molar-refractivity contribution in [3.05, 3.63) is 30.1 Å². The maximum absolute atomic E-state index is 11.7. The van der Waals surface area contributed by atoms with Crippen molar-refractivity contribution in [1.82, 2.24) is 15.6 Å². The van der Waals surface area contributed by atoms with Crippen molar-refractivity contribution in [2.24, 2.45) is 11.8 Å². The van der Waals surface area contributed by atoms with E-state index in [1.807, 2.05) is 45.3 Å². The van der Waals surface area contributed by atoms with Gasteiger partial charge in [-0.05, 0) is 69.8 Å². The van der Waals surface area contributed by atoms with Crippen LogP contribution in [0.3, 0.4) is 0 Å². The van der Waals surface area contributed by atoms with Gasteiger partial charge in [-0.25, -0.2) is 4.79 Å². The molecule has 0 aliphatic rings. The van der Waals surface area contributed by atoms with Crippen LogP contribution in [0.25, 0.3) is 0 Å². The molecule has 5 heteroatoms. The summed E-state index contributed by atoms with van der Waals surface area (Å²) in [4.78, 5) is 15.8. The second-order valence-electron chi connectivity index (χ2n) is 7.20. The van der Waals surface area contributed by atoms with Gasteiger partial charge >= 0.3 is 6.09 Å². The van der Waals surface area contributed by atoms with Crippen LogP contribution in [0.15, 0.2) is 24.5 Å². The fourth-order valence-corrected chi connectivity index (χ4v) is 2.14. The third-order valence-electron chi connectivity index (χ3n) is 3.60. The number of pyridine rings is 1. The Balaban J connectivity index is 2.28. The molecule has 130 valence electrons. The molecule has 2 N–H and O–H groups in total. The molecular weight excluding hydrogens is 290 g/mol. The minimum Gasteiger partial charge on any atom is -0.444 e. The Kier molecular flexibility index (Phi) is 8.03. The molecule has 0 aromatic carbocycles. The molecular formula is C18H31N3O2. The van der Waals surface area contributed by atoms with E-state index >= 15 is 0 Å². The molecule has 1 heterocycles. The molecule has 1 aromatic rings. The molecule has 1 amide bonds. The molecule has 1 rings (SSSR count). The predicted octanol–water partition coefficient (Wildman–Crippen LogP) is 3.01. The van der Waals surface area contributed by atoms with Gasteiger partial charge in [0.1, 0.15) is 5.60 Å². The third-order valence-corrected chi connectivity index (χ3v) is 3.60. The Labute approximate surface area is 140 Å². The third kappa shape index (κ3) is 9.18. The molecule has 23 heavy (non-hydrogen) atoms. The monoisotopic (exact) mass is 321 g/mol. The lowest BCUT2D eigenvalue weighted by Crippen LogP contribution is -2.39. The quantitative estimate of drug-likeness (QED) is 0.723. The van der Waals surface area contributed by atoms with Crippen LogP contribution in [0.2, 0.25) is 0 Å². The van der Waals surface area contributed by atoms with Crippen LogP contribution in [0.1, 0.15) is 40.2 Å². The molecule has 1 unspecified atom stereocenters. The van der Waals surface area contributed by atoms with Gasteiger partial charge in [0.2, 0.25) is 0 Å². The van der Waals surface area contributed by atoms with Crippen molar-refractivity contribution in [2.45, 2.75) is 46.6 Å². The fourth-order valence-electron chi connectivity index (χ4n) is 2.14. The lowest BCUT2D eigenvalue weighted by molar-refractivity contribution is 0.0515. The maximum atomic E-state index is 11.7. The number of aromatic nitrogens is 1. The second kappa shape index (κ2) is 9.50.